The maximum atomic E-state index is 11.2. The molecule has 15 heavy (non-hydrogen) atoms. The molecule has 0 unspecified atom stereocenters. The third-order valence-electron chi connectivity index (χ3n) is 3.46. The van der Waals surface area contributed by atoms with Gasteiger partial charge in [-0.05, 0) is 37.3 Å². The summed E-state index contributed by atoms with van der Waals surface area (Å²) in [6.07, 6.45) is 2.45. The number of nitrogens with zero attached hydrogens (tertiary/aromatic N) is 1. The van der Waals surface area contributed by atoms with Gasteiger partial charge < -0.3 is 5.32 Å². The lowest BCUT2D eigenvalue weighted by atomic mass is 9.75. The fourth-order valence-electron chi connectivity index (χ4n) is 2.24. The Morgan fingerprint density at radius 2 is 1.87 bits per heavy atom. The van der Waals surface area contributed by atoms with Gasteiger partial charge in [0.15, 0.2) is 0 Å². The highest BCUT2D eigenvalue weighted by molar-refractivity contribution is 5.77. The maximum absolute atomic E-state index is 11.2. The average molecular weight is 212 g/mol. The average Bonchev–Trinajstić information content (AvgIpc) is 2.17. The molecule has 0 aromatic rings. The number of nitrogens with one attached hydrogen (secondary N) is 1. The van der Waals surface area contributed by atoms with Gasteiger partial charge in [-0.1, -0.05) is 20.8 Å². The van der Waals surface area contributed by atoms with E-state index in [1.165, 1.54) is 12.8 Å². The first-order valence-corrected chi connectivity index (χ1v) is 5.86. The molecule has 0 bridgehead atoms. The monoisotopic (exact) mass is 212 g/mol. The van der Waals surface area contributed by atoms with Crippen LogP contribution in [0.2, 0.25) is 0 Å². The SMILES string of the molecule is CNC(=O)CN1CCC(C(C)(C)C)CC1. The molecule has 0 saturated carbocycles. The van der Waals surface area contributed by atoms with Crippen LogP contribution < -0.4 is 5.32 Å². The Bertz CT molecular complexity index is 212. The Balaban J connectivity index is 2.33. The highest BCUT2D eigenvalue weighted by Gasteiger charge is 2.28. The van der Waals surface area contributed by atoms with E-state index < -0.39 is 0 Å². The normalized spacial score (nSPS) is 20.3. The summed E-state index contributed by atoms with van der Waals surface area (Å²) in [5.41, 5.74) is 0.416. The zero-order chi connectivity index (χ0) is 11.5. The Hall–Kier alpha value is -0.570. The largest absolute Gasteiger partial charge is 0.358 e. The predicted octanol–water partition coefficient (Wildman–Crippen LogP) is 1.49. The molecule has 0 aromatic carbocycles. The predicted molar refractivity (Wildman–Crippen MR) is 62.7 cm³/mol. The van der Waals surface area contributed by atoms with Crippen LogP contribution in [-0.4, -0.2) is 37.5 Å². The summed E-state index contributed by atoms with van der Waals surface area (Å²) < 4.78 is 0. The summed E-state index contributed by atoms with van der Waals surface area (Å²) in [6, 6.07) is 0. The van der Waals surface area contributed by atoms with Crippen LogP contribution in [0.3, 0.4) is 0 Å². The van der Waals surface area contributed by atoms with E-state index in [-0.39, 0.29) is 5.91 Å². The van der Waals surface area contributed by atoms with Gasteiger partial charge in [0.25, 0.3) is 0 Å². The topological polar surface area (TPSA) is 32.3 Å². The van der Waals surface area contributed by atoms with Gasteiger partial charge in [0.2, 0.25) is 5.91 Å². The van der Waals surface area contributed by atoms with Gasteiger partial charge in [0.1, 0.15) is 0 Å². The molecule has 3 heteroatoms. The molecule has 0 radical (unpaired) electrons. The number of likely N-dealkylation sites (tertiary alicyclic amines) is 1. The van der Waals surface area contributed by atoms with Crippen LogP contribution in [0.4, 0.5) is 0 Å². The Morgan fingerprint density at radius 1 is 1.33 bits per heavy atom. The van der Waals surface area contributed by atoms with E-state index in [9.17, 15) is 4.79 Å². The lowest BCUT2D eigenvalue weighted by Gasteiger charge is -2.38. The third-order valence-corrected chi connectivity index (χ3v) is 3.46. The van der Waals surface area contributed by atoms with Crippen LogP contribution in [0.25, 0.3) is 0 Å². The van der Waals surface area contributed by atoms with E-state index in [0.717, 1.165) is 19.0 Å². The minimum absolute atomic E-state index is 0.129. The van der Waals surface area contributed by atoms with E-state index in [1.807, 2.05) is 0 Å². The zero-order valence-electron chi connectivity index (χ0n) is 10.5. The first-order chi connectivity index (χ1) is 6.93. The highest BCUT2D eigenvalue weighted by atomic mass is 16.1. The molecular weight excluding hydrogens is 188 g/mol. The minimum atomic E-state index is 0.129. The van der Waals surface area contributed by atoms with E-state index in [1.54, 1.807) is 7.05 Å². The van der Waals surface area contributed by atoms with Crippen LogP contribution >= 0.6 is 0 Å². The first kappa shape index (κ1) is 12.5. The summed E-state index contributed by atoms with van der Waals surface area (Å²) in [5, 5.41) is 2.67. The van der Waals surface area contributed by atoms with Crippen molar-refractivity contribution in [2.24, 2.45) is 11.3 Å². The molecule has 1 fully saturated rings. The highest BCUT2D eigenvalue weighted by Crippen LogP contribution is 2.33. The lowest BCUT2D eigenvalue weighted by molar-refractivity contribution is -0.122. The summed E-state index contributed by atoms with van der Waals surface area (Å²) in [6.45, 7) is 9.63. The number of likely N-dealkylation sites (N-methyl/N-ethyl adjacent to an activating group) is 1. The van der Waals surface area contributed by atoms with Crippen molar-refractivity contribution < 1.29 is 4.79 Å². The lowest BCUT2D eigenvalue weighted by Crippen LogP contribution is -2.42. The van der Waals surface area contributed by atoms with Crippen LogP contribution in [0, 0.1) is 11.3 Å². The molecule has 1 aliphatic heterocycles. The molecule has 1 N–H and O–H groups in total. The molecular formula is C12H24N2O. The molecule has 0 atom stereocenters. The quantitative estimate of drug-likeness (QED) is 0.752. The summed E-state index contributed by atoms with van der Waals surface area (Å²) in [4.78, 5) is 13.5. The van der Waals surface area contributed by atoms with Gasteiger partial charge in [-0.25, -0.2) is 0 Å². The van der Waals surface area contributed by atoms with Crippen LogP contribution in [0.15, 0.2) is 0 Å². The van der Waals surface area contributed by atoms with Gasteiger partial charge in [0.05, 0.1) is 6.54 Å². The van der Waals surface area contributed by atoms with Gasteiger partial charge in [-0.2, -0.15) is 0 Å². The molecule has 1 aliphatic rings. The van der Waals surface area contributed by atoms with Crippen LogP contribution in [0.1, 0.15) is 33.6 Å². The molecule has 3 nitrogen and oxygen atoms in total. The maximum Gasteiger partial charge on any atom is 0.233 e. The van der Waals surface area contributed by atoms with Gasteiger partial charge in [-0.15, -0.1) is 0 Å². The number of carbonyl (C=O) groups excluding carboxylic acids is 1. The van der Waals surface area contributed by atoms with Crippen molar-refractivity contribution in [1.82, 2.24) is 10.2 Å². The minimum Gasteiger partial charge on any atom is -0.358 e. The molecule has 0 aliphatic carbocycles. The van der Waals surface area contributed by atoms with Crippen molar-refractivity contribution in [2.75, 3.05) is 26.7 Å². The van der Waals surface area contributed by atoms with Gasteiger partial charge in [0, 0.05) is 7.05 Å². The molecule has 0 aromatic heterocycles. The Morgan fingerprint density at radius 3 is 2.27 bits per heavy atom. The molecule has 1 heterocycles. The standard InChI is InChI=1S/C12H24N2O/c1-12(2,3)10-5-7-14(8-6-10)9-11(15)13-4/h10H,5-9H2,1-4H3,(H,13,15). The number of amides is 1. The Kier molecular flexibility index (Phi) is 4.14. The zero-order valence-corrected chi connectivity index (χ0v) is 10.5. The van der Waals surface area contributed by atoms with E-state index in [0.29, 0.717) is 12.0 Å². The van der Waals surface area contributed by atoms with Crippen molar-refractivity contribution >= 4 is 5.91 Å². The number of hydrogen-bond acceptors (Lipinski definition) is 2. The second-order valence-corrected chi connectivity index (χ2v) is 5.59. The molecule has 1 amide bonds. The van der Waals surface area contributed by atoms with Crippen molar-refractivity contribution in [3.63, 3.8) is 0 Å². The number of hydrogen-bond donors (Lipinski definition) is 1. The molecule has 1 rings (SSSR count). The first-order valence-electron chi connectivity index (χ1n) is 5.86. The summed E-state index contributed by atoms with van der Waals surface area (Å²) in [5.74, 6) is 0.933. The molecule has 1 saturated heterocycles. The fraction of sp³-hybridized carbons (Fsp3) is 0.917. The van der Waals surface area contributed by atoms with E-state index in [4.69, 9.17) is 0 Å². The van der Waals surface area contributed by atoms with Crippen molar-refractivity contribution in [3.05, 3.63) is 0 Å². The van der Waals surface area contributed by atoms with Crippen LogP contribution in [0.5, 0.6) is 0 Å². The van der Waals surface area contributed by atoms with Crippen molar-refractivity contribution in [3.8, 4) is 0 Å². The van der Waals surface area contributed by atoms with Crippen molar-refractivity contribution in [2.45, 2.75) is 33.6 Å². The second-order valence-electron chi connectivity index (χ2n) is 5.59. The molecule has 0 spiro atoms. The Labute approximate surface area is 93.2 Å². The second kappa shape index (κ2) is 4.97. The smallest absolute Gasteiger partial charge is 0.233 e. The number of carbonyl (C=O) groups is 1. The fourth-order valence-corrected chi connectivity index (χ4v) is 2.24. The van der Waals surface area contributed by atoms with Gasteiger partial charge >= 0.3 is 0 Å². The number of piperidine rings is 1. The van der Waals surface area contributed by atoms with Crippen molar-refractivity contribution in [1.29, 1.82) is 0 Å². The van der Waals surface area contributed by atoms with E-state index >= 15 is 0 Å². The van der Waals surface area contributed by atoms with Crippen LogP contribution in [-0.2, 0) is 4.79 Å². The van der Waals surface area contributed by atoms with Gasteiger partial charge in [-0.3, -0.25) is 9.69 Å². The third kappa shape index (κ3) is 3.82. The summed E-state index contributed by atoms with van der Waals surface area (Å²) >= 11 is 0. The van der Waals surface area contributed by atoms with E-state index in [2.05, 4.69) is 31.0 Å². The number of rotatable bonds is 2. The summed E-state index contributed by atoms with van der Waals surface area (Å²) in [7, 11) is 1.70. The molecule has 88 valence electrons.